The molecule has 2 rings (SSSR count). The highest BCUT2D eigenvalue weighted by Gasteiger charge is 2.05. The standard InChI is InChI=1S/C13H13Cl2NO/c1-17-11-5-4-9-7-10(3-2-6-14)13(15)16-12(9)8-11/h4-5,7-8H,2-3,6H2,1H3. The Labute approximate surface area is 111 Å². The van der Waals surface area contributed by atoms with E-state index in [9.17, 15) is 0 Å². The molecule has 0 radical (unpaired) electrons. The number of benzene rings is 1. The number of methoxy groups -OCH3 is 1. The largest absolute Gasteiger partial charge is 0.497 e. The summed E-state index contributed by atoms with van der Waals surface area (Å²) in [5.74, 6) is 1.42. The summed E-state index contributed by atoms with van der Waals surface area (Å²) in [6.07, 6.45) is 1.77. The Hall–Kier alpha value is -0.990. The third-order valence-electron chi connectivity index (χ3n) is 2.63. The Balaban J connectivity index is 2.43. The van der Waals surface area contributed by atoms with Crippen LogP contribution in [0.2, 0.25) is 5.15 Å². The molecular formula is C13H13Cl2NO. The number of hydrogen-bond donors (Lipinski definition) is 0. The highest BCUT2D eigenvalue weighted by atomic mass is 35.5. The molecular weight excluding hydrogens is 257 g/mol. The number of nitrogens with zero attached hydrogens (tertiary/aromatic N) is 1. The number of alkyl halides is 1. The maximum Gasteiger partial charge on any atom is 0.132 e. The SMILES string of the molecule is COc1ccc2cc(CCCCl)c(Cl)nc2c1. The van der Waals surface area contributed by atoms with Crippen molar-refractivity contribution in [2.45, 2.75) is 12.8 Å². The van der Waals surface area contributed by atoms with Crippen LogP contribution in [0.3, 0.4) is 0 Å². The summed E-state index contributed by atoms with van der Waals surface area (Å²) in [6.45, 7) is 0. The summed E-state index contributed by atoms with van der Waals surface area (Å²) in [7, 11) is 1.64. The van der Waals surface area contributed by atoms with Crippen molar-refractivity contribution in [3.05, 3.63) is 35.0 Å². The average molecular weight is 270 g/mol. The van der Waals surface area contributed by atoms with E-state index in [1.54, 1.807) is 7.11 Å². The lowest BCUT2D eigenvalue weighted by Crippen LogP contribution is -1.92. The van der Waals surface area contributed by atoms with Gasteiger partial charge in [-0.3, -0.25) is 0 Å². The first-order valence-corrected chi connectivity index (χ1v) is 6.35. The first-order valence-electron chi connectivity index (χ1n) is 5.43. The van der Waals surface area contributed by atoms with Crippen molar-refractivity contribution < 1.29 is 4.74 Å². The molecule has 0 fully saturated rings. The van der Waals surface area contributed by atoms with E-state index in [4.69, 9.17) is 27.9 Å². The van der Waals surface area contributed by atoms with E-state index < -0.39 is 0 Å². The number of ether oxygens (including phenoxy) is 1. The molecule has 0 saturated heterocycles. The van der Waals surface area contributed by atoms with Crippen LogP contribution in [-0.4, -0.2) is 18.0 Å². The van der Waals surface area contributed by atoms with Gasteiger partial charge >= 0.3 is 0 Å². The van der Waals surface area contributed by atoms with E-state index >= 15 is 0 Å². The van der Waals surface area contributed by atoms with E-state index in [0.717, 1.165) is 35.1 Å². The van der Waals surface area contributed by atoms with E-state index in [-0.39, 0.29) is 0 Å². The van der Waals surface area contributed by atoms with Crippen molar-refractivity contribution in [1.29, 1.82) is 0 Å². The molecule has 4 heteroatoms. The minimum Gasteiger partial charge on any atom is -0.497 e. The van der Waals surface area contributed by atoms with Gasteiger partial charge in [0.1, 0.15) is 10.9 Å². The van der Waals surface area contributed by atoms with Crippen LogP contribution in [0.25, 0.3) is 10.9 Å². The lowest BCUT2D eigenvalue weighted by atomic mass is 10.1. The van der Waals surface area contributed by atoms with Crippen LogP contribution in [0.15, 0.2) is 24.3 Å². The minimum absolute atomic E-state index is 0.552. The van der Waals surface area contributed by atoms with E-state index in [2.05, 4.69) is 11.1 Å². The number of halogens is 2. The predicted octanol–water partition coefficient (Wildman–Crippen LogP) is 4.07. The molecule has 0 aliphatic rings. The van der Waals surface area contributed by atoms with E-state index in [1.165, 1.54) is 0 Å². The van der Waals surface area contributed by atoms with Gasteiger partial charge in [-0.25, -0.2) is 4.98 Å². The third kappa shape index (κ3) is 2.82. The fraction of sp³-hybridized carbons (Fsp3) is 0.308. The van der Waals surface area contributed by atoms with Crippen molar-refractivity contribution in [3.63, 3.8) is 0 Å². The van der Waals surface area contributed by atoms with Crippen LogP contribution >= 0.6 is 23.2 Å². The molecule has 0 unspecified atom stereocenters. The van der Waals surface area contributed by atoms with E-state index in [0.29, 0.717) is 11.0 Å². The molecule has 1 aromatic carbocycles. The van der Waals surface area contributed by atoms with Crippen molar-refractivity contribution in [3.8, 4) is 5.75 Å². The zero-order chi connectivity index (χ0) is 12.3. The van der Waals surface area contributed by atoms with Crippen molar-refractivity contribution >= 4 is 34.1 Å². The average Bonchev–Trinajstić information content (AvgIpc) is 2.35. The number of aromatic nitrogens is 1. The summed E-state index contributed by atoms with van der Waals surface area (Å²) in [5.41, 5.74) is 1.90. The molecule has 0 spiro atoms. The first kappa shape index (κ1) is 12.5. The maximum absolute atomic E-state index is 6.14. The van der Waals surface area contributed by atoms with Gasteiger partial charge in [0.05, 0.1) is 12.6 Å². The van der Waals surface area contributed by atoms with Gasteiger partial charge < -0.3 is 4.74 Å². The maximum atomic E-state index is 6.14. The fourth-order valence-corrected chi connectivity index (χ4v) is 2.10. The number of pyridine rings is 1. The van der Waals surface area contributed by atoms with Gasteiger partial charge in [-0.15, -0.1) is 11.6 Å². The summed E-state index contributed by atoms with van der Waals surface area (Å²) < 4.78 is 5.16. The lowest BCUT2D eigenvalue weighted by molar-refractivity contribution is 0.415. The second kappa shape index (κ2) is 5.56. The molecule has 90 valence electrons. The number of rotatable bonds is 4. The molecule has 1 aromatic heterocycles. The van der Waals surface area contributed by atoms with Crippen molar-refractivity contribution in [2.75, 3.05) is 13.0 Å². The molecule has 2 aromatic rings. The van der Waals surface area contributed by atoms with Crippen molar-refractivity contribution in [1.82, 2.24) is 4.98 Å². The fourth-order valence-electron chi connectivity index (χ4n) is 1.73. The molecule has 0 aliphatic carbocycles. The Kier molecular flexibility index (Phi) is 4.08. The molecule has 1 heterocycles. The quantitative estimate of drug-likeness (QED) is 0.617. The van der Waals surface area contributed by atoms with Gasteiger partial charge in [0.25, 0.3) is 0 Å². The highest BCUT2D eigenvalue weighted by molar-refractivity contribution is 6.30. The Morgan fingerprint density at radius 1 is 1.29 bits per heavy atom. The second-order valence-electron chi connectivity index (χ2n) is 3.79. The number of aryl methyl sites for hydroxylation is 1. The summed E-state index contributed by atoms with van der Waals surface area (Å²) in [5, 5.41) is 1.62. The lowest BCUT2D eigenvalue weighted by Gasteiger charge is -2.06. The topological polar surface area (TPSA) is 22.1 Å². The van der Waals surface area contributed by atoms with Gasteiger partial charge in [0, 0.05) is 17.3 Å². The minimum atomic E-state index is 0.552. The number of fused-ring (bicyclic) bond motifs is 1. The first-order chi connectivity index (χ1) is 8.24. The molecule has 0 saturated carbocycles. The zero-order valence-electron chi connectivity index (χ0n) is 9.54. The third-order valence-corrected chi connectivity index (χ3v) is 3.23. The van der Waals surface area contributed by atoms with Crippen LogP contribution in [-0.2, 0) is 6.42 Å². The van der Waals surface area contributed by atoms with Crippen LogP contribution in [0.5, 0.6) is 5.75 Å². The van der Waals surface area contributed by atoms with Crippen LogP contribution < -0.4 is 4.74 Å². The second-order valence-corrected chi connectivity index (χ2v) is 4.53. The Morgan fingerprint density at radius 2 is 2.12 bits per heavy atom. The highest BCUT2D eigenvalue weighted by Crippen LogP contribution is 2.24. The molecule has 0 atom stereocenters. The molecule has 0 N–H and O–H groups in total. The van der Waals surface area contributed by atoms with Gasteiger partial charge in [-0.05, 0) is 36.6 Å². The number of hydrogen-bond acceptors (Lipinski definition) is 2. The molecule has 17 heavy (non-hydrogen) atoms. The zero-order valence-corrected chi connectivity index (χ0v) is 11.1. The van der Waals surface area contributed by atoms with Crippen LogP contribution in [0, 0.1) is 0 Å². The van der Waals surface area contributed by atoms with Crippen molar-refractivity contribution in [2.24, 2.45) is 0 Å². The summed E-state index contributed by atoms with van der Waals surface area (Å²) in [6, 6.07) is 7.86. The molecule has 0 bridgehead atoms. The normalized spacial score (nSPS) is 10.8. The summed E-state index contributed by atoms with van der Waals surface area (Å²) in [4.78, 5) is 4.38. The van der Waals surface area contributed by atoms with Crippen LogP contribution in [0.1, 0.15) is 12.0 Å². The van der Waals surface area contributed by atoms with Gasteiger partial charge in [-0.1, -0.05) is 11.6 Å². The Morgan fingerprint density at radius 3 is 2.82 bits per heavy atom. The molecule has 0 amide bonds. The molecule has 2 nitrogen and oxygen atoms in total. The smallest absolute Gasteiger partial charge is 0.132 e. The van der Waals surface area contributed by atoms with E-state index in [1.807, 2.05) is 18.2 Å². The monoisotopic (exact) mass is 269 g/mol. The molecule has 0 aliphatic heterocycles. The predicted molar refractivity (Wildman–Crippen MR) is 72.3 cm³/mol. The van der Waals surface area contributed by atoms with Gasteiger partial charge in [-0.2, -0.15) is 0 Å². The van der Waals surface area contributed by atoms with Gasteiger partial charge in [0.15, 0.2) is 0 Å². The van der Waals surface area contributed by atoms with Gasteiger partial charge in [0.2, 0.25) is 0 Å². The summed E-state index contributed by atoms with van der Waals surface area (Å²) >= 11 is 11.8. The Bertz CT molecular complexity index is 528. The van der Waals surface area contributed by atoms with Crippen LogP contribution in [0.4, 0.5) is 0 Å².